The molecule has 0 saturated carbocycles. The average Bonchev–Trinajstić information content (AvgIpc) is 3.41. The molecule has 0 spiro atoms. The zero-order valence-electron chi connectivity index (χ0n) is 15.6. The maximum absolute atomic E-state index is 12.8. The number of aryl methyl sites for hydroxylation is 1. The largest absolute Gasteiger partial charge is 0.376 e. The van der Waals surface area contributed by atoms with Crippen LogP contribution in [0.2, 0.25) is 0 Å². The van der Waals surface area contributed by atoms with Gasteiger partial charge in [0.2, 0.25) is 0 Å². The molecule has 1 saturated heterocycles. The van der Waals surface area contributed by atoms with E-state index in [1.165, 1.54) is 0 Å². The van der Waals surface area contributed by atoms with Gasteiger partial charge in [-0.25, -0.2) is 0 Å². The Bertz CT molecular complexity index is 848. The Hall–Kier alpha value is -2.61. The summed E-state index contributed by atoms with van der Waals surface area (Å²) in [7, 11) is 1.84. The van der Waals surface area contributed by atoms with Crippen LogP contribution < -0.4 is 5.32 Å². The van der Waals surface area contributed by atoms with Gasteiger partial charge >= 0.3 is 0 Å². The van der Waals surface area contributed by atoms with Crippen LogP contribution in [0.3, 0.4) is 0 Å². The highest BCUT2D eigenvalue weighted by Crippen LogP contribution is 2.23. The molecule has 8 nitrogen and oxygen atoms in total. The van der Waals surface area contributed by atoms with Gasteiger partial charge in [0, 0.05) is 50.6 Å². The summed E-state index contributed by atoms with van der Waals surface area (Å²) in [5.41, 5.74) is 3.10. The van der Waals surface area contributed by atoms with E-state index in [9.17, 15) is 9.59 Å². The molecular formula is C19H25N5O3. The normalized spacial score (nSPS) is 16.4. The van der Waals surface area contributed by atoms with Crippen molar-refractivity contribution in [1.29, 1.82) is 0 Å². The fourth-order valence-electron chi connectivity index (χ4n) is 3.80. The number of carbonyl (C=O) groups excluding carboxylic acids is 2. The van der Waals surface area contributed by atoms with Crippen LogP contribution in [0.25, 0.3) is 0 Å². The molecule has 2 aliphatic rings. The van der Waals surface area contributed by atoms with Crippen LogP contribution >= 0.6 is 0 Å². The first kappa shape index (κ1) is 17.8. The smallest absolute Gasteiger partial charge is 0.274 e. The molecule has 4 heterocycles. The Kier molecular flexibility index (Phi) is 4.98. The SMILES string of the molecule is Cn1cccc1C(=O)NCCn1nc(C(=O)N2CCCC2)c2c1CCOC2. The second kappa shape index (κ2) is 7.56. The summed E-state index contributed by atoms with van der Waals surface area (Å²) < 4.78 is 9.23. The Labute approximate surface area is 158 Å². The first-order valence-electron chi connectivity index (χ1n) is 9.50. The van der Waals surface area contributed by atoms with Crippen LogP contribution in [0.5, 0.6) is 0 Å². The molecular weight excluding hydrogens is 346 g/mol. The summed E-state index contributed by atoms with van der Waals surface area (Å²) in [4.78, 5) is 27.0. The van der Waals surface area contributed by atoms with E-state index < -0.39 is 0 Å². The zero-order valence-corrected chi connectivity index (χ0v) is 15.6. The molecule has 0 aromatic carbocycles. The van der Waals surface area contributed by atoms with E-state index in [-0.39, 0.29) is 11.8 Å². The molecule has 1 N–H and O–H groups in total. The molecule has 0 bridgehead atoms. The fraction of sp³-hybridized carbons (Fsp3) is 0.526. The maximum Gasteiger partial charge on any atom is 0.274 e. The summed E-state index contributed by atoms with van der Waals surface area (Å²) in [6, 6.07) is 3.63. The van der Waals surface area contributed by atoms with E-state index in [0.29, 0.717) is 37.7 Å². The number of nitrogens with zero attached hydrogens (tertiary/aromatic N) is 4. The van der Waals surface area contributed by atoms with Crippen molar-refractivity contribution in [2.75, 3.05) is 26.2 Å². The third-order valence-electron chi connectivity index (χ3n) is 5.28. The van der Waals surface area contributed by atoms with E-state index in [2.05, 4.69) is 10.4 Å². The van der Waals surface area contributed by atoms with Gasteiger partial charge in [-0.1, -0.05) is 0 Å². The summed E-state index contributed by atoms with van der Waals surface area (Å²) in [5, 5.41) is 7.53. The summed E-state index contributed by atoms with van der Waals surface area (Å²) >= 11 is 0. The number of hydrogen-bond donors (Lipinski definition) is 1. The van der Waals surface area contributed by atoms with Gasteiger partial charge in [0.05, 0.1) is 19.8 Å². The predicted molar refractivity (Wildman–Crippen MR) is 98.5 cm³/mol. The maximum atomic E-state index is 12.8. The number of likely N-dealkylation sites (tertiary alicyclic amines) is 1. The lowest BCUT2D eigenvalue weighted by atomic mass is 10.1. The number of nitrogens with one attached hydrogen (secondary N) is 1. The highest BCUT2D eigenvalue weighted by Gasteiger charge is 2.29. The Morgan fingerprint density at radius 1 is 1.30 bits per heavy atom. The second-order valence-electron chi connectivity index (χ2n) is 7.06. The highest BCUT2D eigenvalue weighted by molar-refractivity contribution is 5.94. The number of carbonyl (C=O) groups is 2. The van der Waals surface area contributed by atoms with Crippen molar-refractivity contribution in [3.63, 3.8) is 0 Å². The molecule has 2 aliphatic heterocycles. The summed E-state index contributed by atoms with van der Waals surface area (Å²) in [6.07, 6.45) is 4.68. The van der Waals surface area contributed by atoms with E-state index in [0.717, 1.165) is 43.6 Å². The van der Waals surface area contributed by atoms with Crippen LogP contribution in [0.1, 0.15) is 45.1 Å². The van der Waals surface area contributed by atoms with Crippen molar-refractivity contribution in [2.45, 2.75) is 32.4 Å². The van der Waals surface area contributed by atoms with E-state index in [1.807, 2.05) is 28.9 Å². The number of rotatable bonds is 5. The van der Waals surface area contributed by atoms with Crippen LogP contribution in [0, 0.1) is 0 Å². The first-order chi connectivity index (χ1) is 13.1. The summed E-state index contributed by atoms with van der Waals surface area (Å²) in [6.45, 7) is 3.65. The van der Waals surface area contributed by atoms with Crippen molar-refractivity contribution in [1.82, 2.24) is 24.6 Å². The van der Waals surface area contributed by atoms with Gasteiger partial charge in [0.25, 0.3) is 11.8 Å². The molecule has 144 valence electrons. The minimum atomic E-state index is -0.111. The quantitative estimate of drug-likeness (QED) is 0.849. The van der Waals surface area contributed by atoms with Crippen molar-refractivity contribution >= 4 is 11.8 Å². The van der Waals surface area contributed by atoms with Gasteiger partial charge in [-0.05, 0) is 25.0 Å². The molecule has 2 amide bonds. The monoisotopic (exact) mass is 371 g/mol. The highest BCUT2D eigenvalue weighted by atomic mass is 16.5. The lowest BCUT2D eigenvalue weighted by molar-refractivity contribution is 0.0772. The minimum absolute atomic E-state index is 0.000783. The molecule has 4 rings (SSSR count). The van der Waals surface area contributed by atoms with Gasteiger partial charge < -0.3 is 19.5 Å². The Morgan fingerprint density at radius 2 is 2.11 bits per heavy atom. The third kappa shape index (κ3) is 3.49. The van der Waals surface area contributed by atoms with Crippen molar-refractivity contribution in [2.24, 2.45) is 7.05 Å². The van der Waals surface area contributed by atoms with Crippen molar-refractivity contribution in [3.05, 3.63) is 41.0 Å². The second-order valence-corrected chi connectivity index (χ2v) is 7.06. The fourth-order valence-corrected chi connectivity index (χ4v) is 3.80. The van der Waals surface area contributed by atoms with Crippen LogP contribution in [0.4, 0.5) is 0 Å². The predicted octanol–water partition coefficient (Wildman–Crippen LogP) is 0.960. The van der Waals surface area contributed by atoms with Gasteiger partial charge in [0.1, 0.15) is 5.69 Å². The molecule has 2 aromatic rings. The molecule has 2 aromatic heterocycles. The molecule has 0 aliphatic carbocycles. The average molecular weight is 371 g/mol. The minimum Gasteiger partial charge on any atom is -0.376 e. The number of amides is 2. The Balaban J connectivity index is 1.47. The van der Waals surface area contributed by atoms with Gasteiger partial charge in [-0.3, -0.25) is 14.3 Å². The molecule has 0 radical (unpaired) electrons. The molecule has 27 heavy (non-hydrogen) atoms. The first-order valence-corrected chi connectivity index (χ1v) is 9.50. The topological polar surface area (TPSA) is 81.4 Å². The lowest BCUT2D eigenvalue weighted by Gasteiger charge is -2.17. The zero-order chi connectivity index (χ0) is 18.8. The van der Waals surface area contributed by atoms with Crippen LogP contribution in [-0.2, 0) is 31.4 Å². The Morgan fingerprint density at radius 3 is 2.85 bits per heavy atom. The molecule has 8 heteroatoms. The van der Waals surface area contributed by atoms with Gasteiger partial charge in [0.15, 0.2) is 5.69 Å². The number of hydrogen-bond acceptors (Lipinski definition) is 4. The van der Waals surface area contributed by atoms with Crippen LogP contribution in [0.15, 0.2) is 18.3 Å². The van der Waals surface area contributed by atoms with Crippen molar-refractivity contribution in [3.8, 4) is 0 Å². The van der Waals surface area contributed by atoms with Gasteiger partial charge in [-0.15, -0.1) is 0 Å². The van der Waals surface area contributed by atoms with Crippen LogP contribution in [-0.4, -0.2) is 57.3 Å². The number of aromatic nitrogens is 3. The molecule has 1 fully saturated rings. The summed E-state index contributed by atoms with van der Waals surface area (Å²) in [5.74, 6) is -0.110. The van der Waals surface area contributed by atoms with Gasteiger partial charge in [-0.2, -0.15) is 5.10 Å². The third-order valence-corrected chi connectivity index (χ3v) is 5.28. The van der Waals surface area contributed by atoms with E-state index >= 15 is 0 Å². The number of fused-ring (bicyclic) bond motifs is 1. The number of ether oxygens (including phenoxy) is 1. The standard InChI is InChI=1S/C19H25N5O3/c1-22-8-4-5-16(22)18(25)20-7-11-24-15-6-12-27-13-14(15)17(21-24)19(26)23-9-2-3-10-23/h4-5,8H,2-3,6-7,9-13H2,1H3,(H,20,25). The lowest BCUT2D eigenvalue weighted by Crippen LogP contribution is -2.30. The van der Waals surface area contributed by atoms with E-state index in [4.69, 9.17) is 4.74 Å². The van der Waals surface area contributed by atoms with E-state index in [1.54, 1.807) is 10.6 Å². The van der Waals surface area contributed by atoms with Crippen molar-refractivity contribution < 1.29 is 14.3 Å². The molecule has 0 atom stereocenters. The molecule has 0 unspecified atom stereocenters.